The number of esters is 1. The first kappa shape index (κ1) is 22.7. The van der Waals surface area contributed by atoms with E-state index in [4.69, 9.17) is 9.84 Å². The van der Waals surface area contributed by atoms with Gasteiger partial charge in [0.1, 0.15) is 6.10 Å². The molecule has 0 aromatic rings. The van der Waals surface area contributed by atoms with Crippen molar-refractivity contribution in [2.75, 3.05) is 0 Å². The van der Waals surface area contributed by atoms with Crippen LogP contribution in [0.25, 0.3) is 0 Å². The molecule has 0 saturated heterocycles. The standard InChI is InChI=1S/C20H36O4/c1-3-4-5-12-15-19(24-18(2)21)16-13-10-8-6-7-9-11-14-17-20(22)23/h10,13,19H,3-9,11-12,14-17H2,1-2H3,(H,22,23)/b13-10+. The predicted molar refractivity (Wildman–Crippen MR) is 98.0 cm³/mol. The van der Waals surface area contributed by atoms with Crippen LogP contribution in [0.3, 0.4) is 0 Å². The molecule has 4 nitrogen and oxygen atoms in total. The van der Waals surface area contributed by atoms with Crippen LogP contribution in [-0.2, 0) is 14.3 Å². The highest BCUT2D eigenvalue weighted by molar-refractivity contribution is 5.66. The number of carboxylic acid groups (broad SMARTS) is 1. The van der Waals surface area contributed by atoms with Crippen LogP contribution in [0.4, 0.5) is 0 Å². The molecule has 0 amide bonds. The van der Waals surface area contributed by atoms with Crippen LogP contribution in [0.2, 0.25) is 0 Å². The Labute approximate surface area is 147 Å². The summed E-state index contributed by atoms with van der Waals surface area (Å²) in [4.78, 5) is 21.5. The van der Waals surface area contributed by atoms with Gasteiger partial charge in [0.2, 0.25) is 0 Å². The van der Waals surface area contributed by atoms with E-state index in [0.29, 0.717) is 0 Å². The minimum atomic E-state index is -0.699. The van der Waals surface area contributed by atoms with Crippen molar-refractivity contribution in [2.45, 2.75) is 103 Å². The zero-order chi connectivity index (χ0) is 18.0. The van der Waals surface area contributed by atoms with Gasteiger partial charge < -0.3 is 9.84 Å². The lowest BCUT2D eigenvalue weighted by molar-refractivity contribution is -0.146. The van der Waals surface area contributed by atoms with E-state index >= 15 is 0 Å². The van der Waals surface area contributed by atoms with Crippen LogP contribution in [0.5, 0.6) is 0 Å². The van der Waals surface area contributed by atoms with Gasteiger partial charge in [-0.1, -0.05) is 57.6 Å². The van der Waals surface area contributed by atoms with Crippen molar-refractivity contribution in [3.8, 4) is 0 Å². The molecule has 0 aromatic heterocycles. The molecule has 0 radical (unpaired) electrons. The summed E-state index contributed by atoms with van der Waals surface area (Å²) >= 11 is 0. The number of hydrogen-bond donors (Lipinski definition) is 1. The number of unbranched alkanes of at least 4 members (excludes halogenated alkanes) is 8. The highest BCUT2D eigenvalue weighted by atomic mass is 16.5. The normalized spacial score (nSPS) is 12.4. The van der Waals surface area contributed by atoms with E-state index in [9.17, 15) is 9.59 Å². The van der Waals surface area contributed by atoms with E-state index in [-0.39, 0.29) is 18.5 Å². The second-order valence-electron chi connectivity index (χ2n) is 6.49. The third-order valence-corrected chi connectivity index (χ3v) is 4.04. The number of rotatable bonds is 16. The van der Waals surface area contributed by atoms with Crippen molar-refractivity contribution in [2.24, 2.45) is 0 Å². The molecule has 24 heavy (non-hydrogen) atoms. The maximum Gasteiger partial charge on any atom is 0.303 e. The Morgan fingerprint density at radius 2 is 1.62 bits per heavy atom. The maximum atomic E-state index is 11.2. The van der Waals surface area contributed by atoms with Crippen molar-refractivity contribution in [3.05, 3.63) is 12.2 Å². The van der Waals surface area contributed by atoms with Crippen LogP contribution < -0.4 is 0 Å². The first-order valence-corrected chi connectivity index (χ1v) is 9.60. The zero-order valence-corrected chi connectivity index (χ0v) is 15.6. The summed E-state index contributed by atoms with van der Waals surface area (Å²) in [6.45, 7) is 3.67. The molecule has 140 valence electrons. The van der Waals surface area contributed by atoms with Crippen molar-refractivity contribution >= 4 is 11.9 Å². The van der Waals surface area contributed by atoms with E-state index in [2.05, 4.69) is 19.1 Å². The molecule has 0 aromatic carbocycles. The second-order valence-corrected chi connectivity index (χ2v) is 6.49. The molecule has 4 heteroatoms. The third kappa shape index (κ3) is 17.0. The van der Waals surface area contributed by atoms with Crippen LogP contribution in [-0.4, -0.2) is 23.1 Å². The molecule has 0 bridgehead atoms. The first-order valence-electron chi connectivity index (χ1n) is 9.60. The van der Waals surface area contributed by atoms with E-state index < -0.39 is 5.97 Å². The number of carboxylic acids is 1. The second kappa shape index (κ2) is 16.5. The Kier molecular flexibility index (Phi) is 15.6. The summed E-state index contributed by atoms with van der Waals surface area (Å²) in [7, 11) is 0. The van der Waals surface area contributed by atoms with Crippen molar-refractivity contribution in [3.63, 3.8) is 0 Å². The number of carbonyl (C=O) groups excluding carboxylic acids is 1. The van der Waals surface area contributed by atoms with E-state index in [1.54, 1.807) is 0 Å². The average Bonchev–Trinajstić information content (AvgIpc) is 2.52. The van der Waals surface area contributed by atoms with Gasteiger partial charge in [-0.3, -0.25) is 9.59 Å². The third-order valence-electron chi connectivity index (χ3n) is 4.04. The number of ether oxygens (including phenoxy) is 1. The average molecular weight is 341 g/mol. The fraction of sp³-hybridized carbons (Fsp3) is 0.800. The van der Waals surface area contributed by atoms with Gasteiger partial charge in [0.25, 0.3) is 0 Å². The Hall–Kier alpha value is -1.32. The number of aliphatic carboxylic acids is 1. The molecule has 0 aliphatic heterocycles. The molecule has 1 unspecified atom stereocenters. The zero-order valence-electron chi connectivity index (χ0n) is 15.6. The maximum absolute atomic E-state index is 11.2. The number of hydrogen-bond acceptors (Lipinski definition) is 3. The SMILES string of the molecule is CCCCCCC(C/C=C/CCCCCCCC(=O)O)OC(C)=O. The summed E-state index contributed by atoms with van der Waals surface area (Å²) in [6.07, 6.45) is 17.4. The predicted octanol–water partition coefficient (Wildman–Crippen LogP) is 5.65. The Morgan fingerprint density at radius 3 is 2.29 bits per heavy atom. The van der Waals surface area contributed by atoms with Crippen molar-refractivity contribution < 1.29 is 19.4 Å². The van der Waals surface area contributed by atoms with Gasteiger partial charge in [-0.25, -0.2) is 0 Å². The van der Waals surface area contributed by atoms with Crippen LogP contribution in [0.15, 0.2) is 12.2 Å². The Bertz CT molecular complexity index is 350. The molecule has 1 atom stereocenters. The topological polar surface area (TPSA) is 63.6 Å². The number of carbonyl (C=O) groups is 2. The Morgan fingerprint density at radius 1 is 0.958 bits per heavy atom. The van der Waals surface area contributed by atoms with E-state index in [1.165, 1.54) is 26.2 Å². The number of allylic oxidation sites excluding steroid dienone is 1. The molecule has 0 spiro atoms. The van der Waals surface area contributed by atoms with Crippen LogP contribution in [0.1, 0.15) is 97.3 Å². The lowest BCUT2D eigenvalue weighted by Crippen LogP contribution is -2.15. The highest BCUT2D eigenvalue weighted by Crippen LogP contribution is 2.13. The largest absolute Gasteiger partial charge is 0.481 e. The van der Waals surface area contributed by atoms with Gasteiger partial charge in [0, 0.05) is 19.8 Å². The fourth-order valence-corrected chi connectivity index (χ4v) is 2.69. The lowest BCUT2D eigenvalue weighted by atomic mass is 10.1. The fourth-order valence-electron chi connectivity index (χ4n) is 2.69. The molecule has 0 aliphatic carbocycles. The van der Waals surface area contributed by atoms with Crippen LogP contribution >= 0.6 is 0 Å². The van der Waals surface area contributed by atoms with E-state index in [1.807, 2.05) is 0 Å². The summed E-state index contributed by atoms with van der Waals surface area (Å²) < 4.78 is 5.38. The monoisotopic (exact) mass is 340 g/mol. The molecule has 0 rings (SSSR count). The molecule has 0 fully saturated rings. The van der Waals surface area contributed by atoms with Crippen molar-refractivity contribution in [1.29, 1.82) is 0 Å². The molecule has 0 saturated carbocycles. The molecular formula is C20H36O4. The first-order chi connectivity index (χ1) is 11.6. The quantitative estimate of drug-likeness (QED) is 0.224. The summed E-state index contributed by atoms with van der Waals surface area (Å²) in [5.74, 6) is -0.889. The molecular weight excluding hydrogens is 304 g/mol. The minimum absolute atomic E-state index is 0.0200. The van der Waals surface area contributed by atoms with Gasteiger partial charge in [0.05, 0.1) is 0 Å². The molecule has 0 heterocycles. The summed E-state index contributed by atoms with van der Waals surface area (Å²) in [5, 5.41) is 8.55. The van der Waals surface area contributed by atoms with Gasteiger partial charge in [0.15, 0.2) is 0 Å². The lowest BCUT2D eigenvalue weighted by Gasteiger charge is -2.15. The summed E-state index contributed by atoms with van der Waals surface area (Å²) in [5.41, 5.74) is 0. The van der Waals surface area contributed by atoms with Crippen molar-refractivity contribution in [1.82, 2.24) is 0 Å². The van der Waals surface area contributed by atoms with E-state index in [0.717, 1.165) is 57.8 Å². The van der Waals surface area contributed by atoms with Gasteiger partial charge >= 0.3 is 11.9 Å². The minimum Gasteiger partial charge on any atom is -0.481 e. The molecule has 0 aliphatic rings. The van der Waals surface area contributed by atoms with Gasteiger partial charge in [-0.05, 0) is 32.1 Å². The van der Waals surface area contributed by atoms with Gasteiger partial charge in [-0.15, -0.1) is 0 Å². The molecule has 1 N–H and O–H groups in total. The Balaban J connectivity index is 3.69. The van der Waals surface area contributed by atoms with Crippen LogP contribution in [0, 0.1) is 0 Å². The smallest absolute Gasteiger partial charge is 0.303 e. The highest BCUT2D eigenvalue weighted by Gasteiger charge is 2.09. The summed E-state index contributed by atoms with van der Waals surface area (Å²) in [6, 6.07) is 0. The van der Waals surface area contributed by atoms with Gasteiger partial charge in [-0.2, -0.15) is 0 Å².